The summed E-state index contributed by atoms with van der Waals surface area (Å²) in [4.78, 5) is 12.9. The van der Waals surface area contributed by atoms with E-state index in [1.807, 2.05) is 37.5 Å². The van der Waals surface area contributed by atoms with Gasteiger partial charge >= 0.3 is 0 Å². The summed E-state index contributed by atoms with van der Waals surface area (Å²) in [5.74, 6) is 0.998. The van der Waals surface area contributed by atoms with E-state index in [-0.39, 0.29) is 11.6 Å². The summed E-state index contributed by atoms with van der Waals surface area (Å²) in [6.07, 6.45) is 2.29. The molecule has 5 nitrogen and oxygen atoms in total. The summed E-state index contributed by atoms with van der Waals surface area (Å²) in [6, 6.07) is 7.51. The molecule has 1 aliphatic carbocycles. The van der Waals surface area contributed by atoms with Crippen molar-refractivity contribution >= 4 is 17.5 Å². The average molecular weight is 399 g/mol. The molecule has 2 aromatic heterocycles. The number of benzene rings is 1. The number of aryl methyl sites for hydroxylation is 3. The fourth-order valence-electron chi connectivity index (χ4n) is 3.57. The van der Waals surface area contributed by atoms with E-state index >= 15 is 0 Å². The molecule has 0 unspecified atom stereocenters. The quantitative estimate of drug-likeness (QED) is 0.444. The van der Waals surface area contributed by atoms with Crippen molar-refractivity contribution in [2.45, 2.75) is 51.7 Å². The van der Waals surface area contributed by atoms with Crippen LogP contribution in [0.2, 0.25) is 0 Å². The Balaban J connectivity index is 1.56. The Labute approximate surface area is 168 Å². The van der Waals surface area contributed by atoms with Crippen molar-refractivity contribution in [1.29, 1.82) is 0 Å². The van der Waals surface area contributed by atoms with Crippen LogP contribution in [-0.2, 0) is 0 Å². The second-order valence-electron chi connectivity index (χ2n) is 7.40. The first kappa shape index (κ1) is 18.9. The number of Topliss-reactive ketones (excluding diaryl/α,β-unsaturated/α-hetero) is 1. The van der Waals surface area contributed by atoms with E-state index in [9.17, 15) is 9.18 Å². The lowest BCUT2D eigenvalue weighted by atomic mass is 10.2. The van der Waals surface area contributed by atoms with Gasteiger partial charge < -0.3 is 9.13 Å². The van der Waals surface area contributed by atoms with Crippen LogP contribution >= 0.6 is 11.8 Å². The van der Waals surface area contributed by atoms with Gasteiger partial charge in [-0.05, 0) is 64.3 Å². The third-order valence-corrected chi connectivity index (χ3v) is 6.17. The molecule has 2 heterocycles. The predicted molar refractivity (Wildman–Crippen MR) is 108 cm³/mol. The molecule has 0 aliphatic heterocycles. The number of halogens is 1. The van der Waals surface area contributed by atoms with E-state index in [1.165, 1.54) is 17.8 Å². The molecule has 0 spiro atoms. The summed E-state index contributed by atoms with van der Waals surface area (Å²) < 4.78 is 18.1. The first-order chi connectivity index (χ1) is 13.4. The second-order valence-corrected chi connectivity index (χ2v) is 8.34. The van der Waals surface area contributed by atoms with Crippen molar-refractivity contribution in [2.24, 2.45) is 0 Å². The third-order valence-electron chi connectivity index (χ3n) is 5.22. The normalized spacial score (nSPS) is 13.9. The standard InChI is InChI=1S/C21H23FN4OS/c1-12-5-6-17(10-19(12)22)25-13(2)9-18(14(25)3)20(27)11-28-21-24-23-15(4)26(21)16-7-8-16/h5-6,9-10,16H,7-8,11H2,1-4H3. The van der Waals surface area contributed by atoms with E-state index in [0.29, 0.717) is 22.9 Å². The van der Waals surface area contributed by atoms with Gasteiger partial charge in [0, 0.05) is 28.7 Å². The molecule has 3 aromatic rings. The minimum Gasteiger partial charge on any atom is -0.318 e. The number of carbonyl (C=O) groups is 1. The summed E-state index contributed by atoms with van der Waals surface area (Å²) in [5.41, 5.74) is 3.74. The molecule has 146 valence electrons. The van der Waals surface area contributed by atoms with Gasteiger partial charge in [-0.3, -0.25) is 4.79 Å². The summed E-state index contributed by atoms with van der Waals surface area (Å²) >= 11 is 1.43. The van der Waals surface area contributed by atoms with E-state index in [4.69, 9.17) is 0 Å². The Morgan fingerprint density at radius 3 is 2.61 bits per heavy atom. The minimum atomic E-state index is -0.247. The predicted octanol–water partition coefficient (Wildman–Crippen LogP) is 4.75. The highest BCUT2D eigenvalue weighted by Crippen LogP contribution is 2.38. The van der Waals surface area contributed by atoms with Crippen molar-refractivity contribution < 1.29 is 9.18 Å². The highest BCUT2D eigenvalue weighted by Gasteiger charge is 2.28. The van der Waals surface area contributed by atoms with Gasteiger partial charge in [-0.25, -0.2) is 4.39 Å². The lowest BCUT2D eigenvalue weighted by molar-refractivity contribution is 0.102. The number of nitrogens with zero attached hydrogens (tertiary/aromatic N) is 4. The van der Waals surface area contributed by atoms with Crippen LogP contribution in [0.3, 0.4) is 0 Å². The van der Waals surface area contributed by atoms with Crippen molar-refractivity contribution in [3.05, 3.63) is 58.4 Å². The van der Waals surface area contributed by atoms with Crippen molar-refractivity contribution in [1.82, 2.24) is 19.3 Å². The van der Waals surface area contributed by atoms with E-state index in [1.54, 1.807) is 13.0 Å². The lowest BCUT2D eigenvalue weighted by Gasteiger charge is -2.11. The maximum absolute atomic E-state index is 14.0. The maximum atomic E-state index is 14.0. The van der Waals surface area contributed by atoms with Crippen molar-refractivity contribution in [3.63, 3.8) is 0 Å². The Hall–Kier alpha value is -2.41. The molecule has 0 N–H and O–H groups in total. The summed E-state index contributed by atoms with van der Waals surface area (Å²) in [5, 5.41) is 9.20. The van der Waals surface area contributed by atoms with Gasteiger partial charge in [-0.15, -0.1) is 10.2 Å². The second kappa shape index (κ2) is 7.20. The molecule has 0 atom stereocenters. The smallest absolute Gasteiger partial charge is 0.191 e. The molecule has 28 heavy (non-hydrogen) atoms. The van der Waals surface area contributed by atoms with E-state index in [2.05, 4.69) is 14.8 Å². The first-order valence-corrected chi connectivity index (χ1v) is 10.4. The fraction of sp³-hybridized carbons (Fsp3) is 0.381. The van der Waals surface area contributed by atoms with Gasteiger partial charge in [0.05, 0.1) is 5.75 Å². The number of hydrogen-bond acceptors (Lipinski definition) is 4. The number of aromatic nitrogens is 4. The molecule has 0 radical (unpaired) electrons. The molecule has 7 heteroatoms. The molecule has 1 aliphatic rings. The Bertz CT molecular complexity index is 1060. The summed E-state index contributed by atoms with van der Waals surface area (Å²) in [7, 11) is 0. The van der Waals surface area contributed by atoms with Crippen LogP contribution in [0, 0.1) is 33.5 Å². The van der Waals surface area contributed by atoms with Crippen molar-refractivity contribution in [3.8, 4) is 5.69 Å². The van der Waals surface area contributed by atoms with Crippen LogP contribution < -0.4 is 0 Å². The summed E-state index contributed by atoms with van der Waals surface area (Å²) in [6.45, 7) is 7.52. The number of hydrogen-bond donors (Lipinski definition) is 0. The van der Waals surface area contributed by atoms with Crippen LogP contribution in [0.4, 0.5) is 4.39 Å². The van der Waals surface area contributed by atoms with Gasteiger partial charge in [0.25, 0.3) is 0 Å². The zero-order chi connectivity index (χ0) is 20.0. The highest BCUT2D eigenvalue weighted by molar-refractivity contribution is 7.99. The van der Waals surface area contributed by atoms with Gasteiger partial charge in [-0.1, -0.05) is 17.8 Å². The Morgan fingerprint density at radius 1 is 1.18 bits per heavy atom. The molecule has 1 aromatic carbocycles. The number of thioether (sulfide) groups is 1. The first-order valence-electron chi connectivity index (χ1n) is 9.39. The van der Waals surface area contributed by atoms with Crippen LogP contribution in [0.25, 0.3) is 5.69 Å². The number of ketones is 1. The maximum Gasteiger partial charge on any atom is 0.191 e. The SMILES string of the molecule is Cc1ccc(-n2c(C)cc(C(=O)CSc3nnc(C)n3C3CC3)c2C)cc1F. The molecule has 0 bridgehead atoms. The van der Waals surface area contributed by atoms with Crippen LogP contribution in [0.1, 0.15) is 52.0 Å². The molecule has 1 saturated carbocycles. The van der Waals surface area contributed by atoms with Gasteiger partial charge in [0.15, 0.2) is 10.9 Å². The molecular formula is C21H23FN4OS. The lowest BCUT2D eigenvalue weighted by Crippen LogP contribution is -2.07. The van der Waals surface area contributed by atoms with Crippen LogP contribution in [-0.4, -0.2) is 30.9 Å². The largest absolute Gasteiger partial charge is 0.318 e. The van der Waals surface area contributed by atoms with Crippen LogP contribution in [0.15, 0.2) is 29.4 Å². The molecule has 1 fully saturated rings. The molecule has 0 saturated heterocycles. The van der Waals surface area contributed by atoms with E-state index < -0.39 is 0 Å². The zero-order valence-electron chi connectivity index (χ0n) is 16.5. The average Bonchev–Trinajstić information content (AvgIpc) is 3.36. The Morgan fingerprint density at radius 2 is 1.93 bits per heavy atom. The minimum absolute atomic E-state index is 0.0416. The highest BCUT2D eigenvalue weighted by atomic mass is 32.2. The molecular weight excluding hydrogens is 375 g/mol. The fourth-order valence-corrected chi connectivity index (χ4v) is 4.51. The topological polar surface area (TPSA) is 52.7 Å². The molecule has 4 rings (SSSR count). The zero-order valence-corrected chi connectivity index (χ0v) is 17.3. The van der Waals surface area contributed by atoms with Gasteiger partial charge in [0.1, 0.15) is 11.6 Å². The van der Waals surface area contributed by atoms with Gasteiger partial charge in [-0.2, -0.15) is 0 Å². The number of carbonyl (C=O) groups excluding carboxylic acids is 1. The van der Waals surface area contributed by atoms with Crippen molar-refractivity contribution in [2.75, 3.05) is 5.75 Å². The van der Waals surface area contributed by atoms with E-state index in [0.717, 1.165) is 40.9 Å². The molecule has 0 amide bonds. The third kappa shape index (κ3) is 3.39. The number of rotatable bonds is 6. The monoisotopic (exact) mass is 398 g/mol. The van der Waals surface area contributed by atoms with Crippen LogP contribution in [0.5, 0.6) is 0 Å². The Kier molecular flexibility index (Phi) is 4.87. The van der Waals surface area contributed by atoms with Gasteiger partial charge in [0.2, 0.25) is 0 Å².